The third kappa shape index (κ3) is 27.9. The molecule has 0 aromatic carbocycles. The average Bonchev–Trinajstić information content (AvgIpc) is 1.04. The second kappa shape index (κ2) is 43.8. The van der Waals surface area contributed by atoms with Gasteiger partial charge in [-0.3, -0.25) is 13.8 Å². The summed E-state index contributed by atoms with van der Waals surface area (Å²) in [6.45, 7) is 2.47. The molecule has 86 heavy (non-hydrogen) atoms. The van der Waals surface area contributed by atoms with E-state index in [-0.39, 0.29) is 12.8 Å². The van der Waals surface area contributed by atoms with Crippen molar-refractivity contribution >= 4 is 19.7 Å². The molecule has 0 radical (unpaired) electrons. The van der Waals surface area contributed by atoms with Gasteiger partial charge < -0.3 is 101 Å². The molecular formula is C60H113N2O23P. The van der Waals surface area contributed by atoms with Gasteiger partial charge in [-0.25, -0.2) is 9.36 Å². The van der Waals surface area contributed by atoms with Gasteiger partial charge in [-0.15, -0.1) is 0 Å². The second-order valence-electron chi connectivity index (χ2n) is 24.0. The van der Waals surface area contributed by atoms with Crippen molar-refractivity contribution in [3.05, 3.63) is 12.2 Å². The maximum absolute atomic E-state index is 13.8. The number of nitrogens with one attached hydrogen (secondary N) is 1. The van der Waals surface area contributed by atoms with E-state index >= 15 is 0 Å². The van der Waals surface area contributed by atoms with Crippen molar-refractivity contribution in [3.63, 3.8) is 0 Å². The van der Waals surface area contributed by atoms with Crippen LogP contribution in [0, 0.1) is 0 Å². The summed E-state index contributed by atoms with van der Waals surface area (Å²) in [7, 11) is -5.67. The largest absolute Gasteiger partial charge is 0.479 e. The van der Waals surface area contributed by atoms with Gasteiger partial charge in [-0.1, -0.05) is 199 Å². The molecule has 3 fully saturated rings. The van der Waals surface area contributed by atoms with Crippen molar-refractivity contribution in [2.24, 2.45) is 5.73 Å². The van der Waals surface area contributed by atoms with Crippen LogP contribution in [0.2, 0.25) is 0 Å². The van der Waals surface area contributed by atoms with E-state index in [1.165, 1.54) is 122 Å². The minimum Gasteiger partial charge on any atom is -0.479 e. The highest BCUT2D eigenvalue weighted by Gasteiger charge is 2.57. The molecule has 0 bridgehead atoms. The summed E-state index contributed by atoms with van der Waals surface area (Å²) in [6, 6.07) is -3.29. The van der Waals surface area contributed by atoms with Crippen LogP contribution < -0.4 is 11.1 Å². The molecule has 1 aliphatic carbocycles. The zero-order valence-corrected chi connectivity index (χ0v) is 52.1. The molecule has 17 N–H and O–H groups in total. The number of unbranched alkanes of at least 4 members (excludes halogenated alkanes) is 27. The fourth-order valence-electron chi connectivity index (χ4n) is 11.2. The molecule has 25 nitrogen and oxygen atoms in total. The number of hydrogen-bond donors (Lipinski definition) is 16. The van der Waals surface area contributed by atoms with Crippen LogP contribution in [-0.4, -0.2) is 219 Å². The van der Waals surface area contributed by atoms with Crippen molar-refractivity contribution in [2.45, 2.75) is 342 Å². The highest BCUT2D eigenvalue weighted by molar-refractivity contribution is 7.47. The number of aliphatic hydroxyl groups is 12. The Morgan fingerprint density at radius 3 is 1.48 bits per heavy atom. The van der Waals surface area contributed by atoms with Crippen LogP contribution >= 0.6 is 7.82 Å². The van der Waals surface area contributed by atoms with E-state index in [0.29, 0.717) is 12.8 Å². The van der Waals surface area contributed by atoms with Crippen LogP contribution in [0.15, 0.2) is 12.2 Å². The predicted molar refractivity (Wildman–Crippen MR) is 317 cm³/mol. The molecule has 1 amide bonds. The molecule has 1 saturated carbocycles. The van der Waals surface area contributed by atoms with E-state index in [9.17, 15) is 85.4 Å². The molecule has 21 atom stereocenters. The topological polar surface area (TPSA) is 428 Å². The molecule has 0 spiro atoms. The SMILES string of the molecule is CCCCCCCCCC/C=C/CC[C@@H](O)[C@@H](O)[C@H](COP(=O)(O)O[C@H]1C(O)C(O)C(O)[C@@H](O)C1O[C@H]1O[C@H](C(=O)O)[C@@H](O[C@H]2O[C@H](CO)[C@@H](O)C(O)C2N)C(O)C1O)NC(=O)C(O)CCCCCCCCCCCCCCCCCCCCCC. The number of amides is 1. The Balaban J connectivity index is 1.62. The highest BCUT2D eigenvalue weighted by atomic mass is 31.2. The molecule has 10 unspecified atom stereocenters. The summed E-state index contributed by atoms with van der Waals surface area (Å²) >= 11 is 0. The van der Waals surface area contributed by atoms with E-state index in [2.05, 4.69) is 19.2 Å². The molecule has 3 rings (SSSR count). The van der Waals surface area contributed by atoms with Gasteiger partial charge in [0.25, 0.3) is 0 Å². The molecule has 0 aromatic heterocycles. The molecule has 3 aliphatic rings. The minimum absolute atomic E-state index is 0.0270. The number of carboxylic acid groups (broad SMARTS) is 1. The fraction of sp³-hybridized carbons (Fsp3) is 0.933. The van der Waals surface area contributed by atoms with E-state index in [1.54, 1.807) is 0 Å². The summed E-state index contributed by atoms with van der Waals surface area (Å²) < 4.78 is 46.1. The van der Waals surface area contributed by atoms with Crippen LogP contribution in [-0.2, 0) is 42.1 Å². The van der Waals surface area contributed by atoms with Gasteiger partial charge in [0.2, 0.25) is 5.91 Å². The van der Waals surface area contributed by atoms with Crippen LogP contribution in [0.25, 0.3) is 0 Å². The number of ether oxygens (including phenoxy) is 4. The van der Waals surface area contributed by atoms with Gasteiger partial charge in [0, 0.05) is 0 Å². The van der Waals surface area contributed by atoms with Gasteiger partial charge in [-0.2, -0.15) is 0 Å². The first-order chi connectivity index (χ1) is 41.1. The number of rotatable bonds is 48. The van der Waals surface area contributed by atoms with Crippen LogP contribution in [0.5, 0.6) is 0 Å². The van der Waals surface area contributed by atoms with Crippen molar-refractivity contribution in [3.8, 4) is 0 Å². The number of phosphoric acid groups is 1. The molecular weight excluding hydrogens is 1150 g/mol. The predicted octanol–water partition coefficient (Wildman–Crippen LogP) is 3.66. The summed E-state index contributed by atoms with van der Waals surface area (Å²) in [6.07, 6.45) is 0.417. The number of nitrogens with two attached hydrogens (primary N) is 1. The molecule has 2 heterocycles. The quantitative estimate of drug-likeness (QED) is 0.0235. The van der Waals surface area contributed by atoms with Crippen LogP contribution in [0.4, 0.5) is 0 Å². The maximum Gasteiger partial charge on any atom is 0.472 e. The standard InChI is InChI=1S/C60H113N2O23P/c1-3-5-7-9-11-13-15-17-18-19-20-21-22-23-24-26-28-30-32-34-36-41(65)57(75)62-39(44(66)40(64)35-33-31-29-27-25-16-14-12-10-8-6-4-2)38-80-86(78,79)85-55-50(72)48(70)47(69)49(71)53(55)83-60-52(74)51(73)54(56(84-60)58(76)77)82-59-43(61)46(68)45(67)42(37-63)81-59/h29,31,39-56,59-60,63-74H,3-28,30,32-38,61H2,1-2H3,(H,62,75)(H,76,77)(H,78,79)/b31-29+/t39-,40+,41?,42+,43?,44-,45+,46?,47?,48?,49+,50?,51?,52?,53?,54-,55-,56-,59+,60-/m0/s1. The lowest BCUT2D eigenvalue weighted by Crippen LogP contribution is -2.69. The van der Waals surface area contributed by atoms with E-state index in [0.717, 1.165) is 57.8 Å². The van der Waals surface area contributed by atoms with Gasteiger partial charge >= 0.3 is 13.8 Å². The Labute approximate surface area is 509 Å². The fourth-order valence-corrected chi connectivity index (χ4v) is 12.2. The third-order valence-corrected chi connectivity index (χ3v) is 17.8. The van der Waals surface area contributed by atoms with Crippen molar-refractivity contribution < 1.29 is 113 Å². The summed E-state index contributed by atoms with van der Waals surface area (Å²) in [4.78, 5) is 37.1. The number of hydrogen-bond acceptors (Lipinski definition) is 22. The van der Waals surface area contributed by atoms with Gasteiger partial charge in [0.05, 0.1) is 31.4 Å². The Bertz CT molecular complexity index is 1860. The Hall–Kier alpha value is -1.89. The van der Waals surface area contributed by atoms with E-state index in [4.69, 9.17) is 33.7 Å². The van der Waals surface area contributed by atoms with Crippen LogP contribution in [0.3, 0.4) is 0 Å². The Kier molecular flexibility index (Phi) is 39.9. The zero-order valence-electron chi connectivity index (χ0n) is 51.2. The Morgan fingerprint density at radius 2 is 0.988 bits per heavy atom. The first-order valence-corrected chi connectivity index (χ1v) is 33.9. The lowest BCUT2D eigenvalue weighted by Gasteiger charge is -2.48. The maximum atomic E-state index is 13.8. The lowest BCUT2D eigenvalue weighted by molar-refractivity contribution is -0.356. The number of carbonyl (C=O) groups is 2. The Morgan fingerprint density at radius 1 is 0.547 bits per heavy atom. The van der Waals surface area contributed by atoms with Crippen molar-refractivity contribution in [2.75, 3.05) is 13.2 Å². The normalized spacial score (nSPS) is 31.1. The van der Waals surface area contributed by atoms with Gasteiger partial charge in [0.1, 0.15) is 85.5 Å². The number of carbonyl (C=O) groups excluding carboxylic acids is 1. The van der Waals surface area contributed by atoms with Crippen molar-refractivity contribution in [1.82, 2.24) is 5.32 Å². The number of carboxylic acids is 1. The monoisotopic (exact) mass is 1260 g/mol. The minimum atomic E-state index is -5.67. The van der Waals surface area contributed by atoms with Gasteiger partial charge in [-0.05, 0) is 32.1 Å². The smallest absolute Gasteiger partial charge is 0.472 e. The van der Waals surface area contributed by atoms with Gasteiger partial charge in [0.15, 0.2) is 18.7 Å². The number of aliphatic hydroxyl groups excluding tert-OH is 12. The summed E-state index contributed by atoms with van der Waals surface area (Å²) in [5.41, 5.74) is 5.92. The van der Waals surface area contributed by atoms with E-state index in [1.807, 2.05) is 12.2 Å². The van der Waals surface area contributed by atoms with E-state index < -0.39 is 155 Å². The summed E-state index contributed by atoms with van der Waals surface area (Å²) in [5, 5.41) is 142. The average molecular weight is 1260 g/mol. The first kappa shape index (κ1) is 78.4. The zero-order chi connectivity index (χ0) is 63.6. The molecule has 506 valence electrons. The molecule has 2 aliphatic heterocycles. The molecule has 2 saturated heterocycles. The molecule has 26 heteroatoms. The number of phosphoric ester groups is 1. The summed E-state index contributed by atoms with van der Waals surface area (Å²) in [5.74, 6) is -2.86. The second-order valence-corrected chi connectivity index (χ2v) is 25.4. The third-order valence-electron chi connectivity index (χ3n) is 16.8. The first-order valence-electron chi connectivity index (χ1n) is 32.4. The number of allylic oxidation sites excluding steroid dienone is 2. The van der Waals surface area contributed by atoms with Crippen molar-refractivity contribution in [1.29, 1.82) is 0 Å². The molecule has 0 aromatic rings. The lowest BCUT2D eigenvalue weighted by atomic mass is 9.84. The highest BCUT2D eigenvalue weighted by Crippen LogP contribution is 2.48. The van der Waals surface area contributed by atoms with Crippen LogP contribution in [0.1, 0.15) is 219 Å². The number of aliphatic carboxylic acids is 1.